The number of rotatable bonds is 3. The van der Waals surface area contributed by atoms with Gasteiger partial charge in [0.15, 0.2) is 4.80 Å². The maximum absolute atomic E-state index is 14.2. The second kappa shape index (κ2) is 6.69. The third kappa shape index (κ3) is 2.86. The van der Waals surface area contributed by atoms with E-state index in [0.29, 0.717) is 22.4 Å². The molecule has 1 aromatic heterocycles. The van der Waals surface area contributed by atoms with Crippen molar-refractivity contribution in [1.82, 2.24) is 4.57 Å². The predicted molar refractivity (Wildman–Crippen MR) is 104 cm³/mol. The van der Waals surface area contributed by atoms with Crippen LogP contribution in [0.2, 0.25) is 0 Å². The van der Waals surface area contributed by atoms with E-state index in [0.717, 1.165) is 15.5 Å². The smallest absolute Gasteiger partial charge is 0.279 e. The molecule has 0 saturated carbocycles. The molecular weight excluding hydrogens is 347 g/mol. The van der Waals surface area contributed by atoms with Crippen LogP contribution in [0.25, 0.3) is 21.0 Å². The molecule has 4 rings (SSSR count). The van der Waals surface area contributed by atoms with E-state index in [1.54, 1.807) is 22.8 Å². The molecular formula is C21H15FN2OS. The van der Waals surface area contributed by atoms with E-state index in [4.69, 9.17) is 0 Å². The van der Waals surface area contributed by atoms with Crippen LogP contribution in [0.5, 0.6) is 0 Å². The second-order valence-corrected chi connectivity index (χ2v) is 6.86. The normalized spacial score (nSPS) is 12.0. The molecule has 0 unspecified atom stereocenters. The average molecular weight is 362 g/mol. The van der Waals surface area contributed by atoms with Crippen molar-refractivity contribution in [1.29, 1.82) is 0 Å². The zero-order valence-electron chi connectivity index (χ0n) is 13.9. The fourth-order valence-electron chi connectivity index (χ4n) is 2.94. The summed E-state index contributed by atoms with van der Waals surface area (Å²) in [6, 6.07) is 18.2. The second-order valence-electron chi connectivity index (χ2n) is 5.85. The summed E-state index contributed by atoms with van der Waals surface area (Å²) in [6.45, 7) is 4.10. The zero-order chi connectivity index (χ0) is 18.1. The Kier molecular flexibility index (Phi) is 4.22. The highest BCUT2D eigenvalue weighted by molar-refractivity contribution is 7.16. The number of para-hydroxylation sites is 1. The molecule has 4 aromatic rings. The summed E-state index contributed by atoms with van der Waals surface area (Å²) in [6.07, 6.45) is 1.66. The van der Waals surface area contributed by atoms with E-state index in [2.05, 4.69) is 11.6 Å². The third-order valence-corrected chi connectivity index (χ3v) is 5.20. The molecule has 0 bridgehead atoms. The molecule has 0 N–H and O–H groups in total. The molecule has 128 valence electrons. The molecule has 26 heavy (non-hydrogen) atoms. The molecule has 0 atom stereocenters. The maximum atomic E-state index is 14.2. The minimum atomic E-state index is -0.347. The van der Waals surface area contributed by atoms with Gasteiger partial charge in [0.1, 0.15) is 5.82 Å². The number of carbonyl (C=O) groups excluding carboxylic acids is 1. The van der Waals surface area contributed by atoms with Gasteiger partial charge in [0, 0.05) is 12.1 Å². The lowest BCUT2D eigenvalue weighted by Gasteiger charge is -2.02. The van der Waals surface area contributed by atoms with Gasteiger partial charge in [-0.1, -0.05) is 53.8 Å². The van der Waals surface area contributed by atoms with Crippen molar-refractivity contribution in [2.75, 3.05) is 0 Å². The van der Waals surface area contributed by atoms with Gasteiger partial charge < -0.3 is 4.57 Å². The lowest BCUT2D eigenvalue weighted by atomic mass is 10.1. The van der Waals surface area contributed by atoms with Crippen molar-refractivity contribution < 1.29 is 9.18 Å². The van der Waals surface area contributed by atoms with Gasteiger partial charge in [-0.15, -0.1) is 6.58 Å². The fourth-order valence-corrected chi connectivity index (χ4v) is 4.00. The van der Waals surface area contributed by atoms with Crippen LogP contribution in [-0.4, -0.2) is 10.5 Å². The highest BCUT2D eigenvalue weighted by atomic mass is 32.1. The average Bonchev–Trinajstić information content (AvgIpc) is 3.00. The van der Waals surface area contributed by atoms with Crippen LogP contribution in [0.1, 0.15) is 10.4 Å². The molecule has 0 aliphatic carbocycles. The molecule has 0 radical (unpaired) electrons. The Balaban J connectivity index is 1.86. The van der Waals surface area contributed by atoms with Gasteiger partial charge in [-0.2, -0.15) is 4.99 Å². The van der Waals surface area contributed by atoms with E-state index in [9.17, 15) is 9.18 Å². The Morgan fingerprint density at radius 1 is 1.12 bits per heavy atom. The van der Waals surface area contributed by atoms with Gasteiger partial charge in [-0.3, -0.25) is 4.79 Å². The van der Waals surface area contributed by atoms with Crippen molar-refractivity contribution in [3.63, 3.8) is 0 Å². The number of amides is 1. The van der Waals surface area contributed by atoms with Gasteiger partial charge in [0.2, 0.25) is 0 Å². The summed E-state index contributed by atoms with van der Waals surface area (Å²) >= 11 is 1.29. The SMILES string of the molecule is C=CCn1c(=NC(=O)c2ccc3ccccc3c2)sc2cccc(F)c21. The quantitative estimate of drug-likeness (QED) is 0.476. The lowest BCUT2D eigenvalue weighted by Crippen LogP contribution is -2.16. The van der Waals surface area contributed by atoms with Gasteiger partial charge in [0.05, 0.1) is 10.2 Å². The number of aromatic nitrogens is 1. The number of thiazole rings is 1. The summed E-state index contributed by atoms with van der Waals surface area (Å²) < 4.78 is 16.7. The number of benzene rings is 3. The highest BCUT2D eigenvalue weighted by Crippen LogP contribution is 2.21. The summed E-state index contributed by atoms with van der Waals surface area (Å²) in [4.78, 5) is 17.4. The van der Waals surface area contributed by atoms with Crippen molar-refractivity contribution in [3.8, 4) is 0 Å². The van der Waals surface area contributed by atoms with E-state index in [1.165, 1.54) is 17.4 Å². The molecule has 0 aliphatic heterocycles. The van der Waals surface area contributed by atoms with Crippen LogP contribution in [0.3, 0.4) is 0 Å². The van der Waals surface area contributed by atoms with Crippen LogP contribution in [0.4, 0.5) is 4.39 Å². The fraction of sp³-hybridized carbons (Fsp3) is 0.0476. The Bertz CT molecular complexity index is 1220. The number of allylic oxidation sites excluding steroid dienone is 1. The first-order chi connectivity index (χ1) is 12.7. The Morgan fingerprint density at radius 2 is 1.92 bits per heavy atom. The number of hydrogen-bond donors (Lipinski definition) is 0. The third-order valence-electron chi connectivity index (χ3n) is 4.16. The largest absolute Gasteiger partial charge is 0.310 e. The standard InChI is InChI=1S/C21H15FN2OS/c1-2-12-24-19-17(22)8-5-9-18(19)26-21(24)23-20(25)16-11-10-14-6-3-4-7-15(14)13-16/h2-11,13H,1,12H2. The van der Waals surface area contributed by atoms with E-state index in [-0.39, 0.29) is 11.7 Å². The molecule has 5 heteroatoms. The van der Waals surface area contributed by atoms with Crippen LogP contribution >= 0.6 is 11.3 Å². The van der Waals surface area contributed by atoms with E-state index < -0.39 is 0 Å². The Hall–Kier alpha value is -3.05. The minimum Gasteiger partial charge on any atom is -0.310 e. The van der Waals surface area contributed by atoms with E-state index >= 15 is 0 Å². The topological polar surface area (TPSA) is 34.4 Å². The van der Waals surface area contributed by atoms with Crippen LogP contribution in [0, 0.1) is 5.82 Å². The summed E-state index contributed by atoms with van der Waals surface area (Å²) in [5.41, 5.74) is 0.953. The number of carbonyl (C=O) groups is 1. The Labute approximate surface area is 153 Å². The van der Waals surface area contributed by atoms with Gasteiger partial charge >= 0.3 is 0 Å². The highest BCUT2D eigenvalue weighted by Gasteiger charge is 2.12. The Morgan fingerprint density at radius 3 is 2.73 bits per heavy atom. The lowest BCUT2D eigenvalue weighted by molar-refractivity contribution is 0.0998. The first kappa shape index (κ1) is 16.4. The molecule has 3 aromatic carbocycles. The van der Waals surface area contributed by atoms with Gasteiger partial charge in [-0.05, 0) is 35.0 Å². The molecule has 1 heterocycles. The number of nitrogens with zero attached hydrogens (tertiary/aromatic N) is 2. The van der Waals surface area contributed by atoms with Crippen molar-refractivity contribution in [2.45, 2.75) is 6.54 Å². The zero-order valence-corrected chi connectivity index (χ0v) is 14.7. The molecule has 0 spiro atoms. The number of hydrogen-bond acceptors (Lipinski definition) is 2. The summed E-state index contributed by atoms with van der Waals surface area (Å²) in [5, 5.41) is 2.05. The van der Waals surface area contributed by atoms with Crippen molar-refractivity contribution in [2.24, 2.45) is 4.99 Å². The first-order valence-corrected chi connectivity index (χ1v) is 8.95. The minimum absolute atomic E-state index is 0.333. The molecule has 0 fully saturated rings. The first-order valence-electron chi connectivity index (χ1n) is 8.14. The van der Waals surface area contributed by atoms with Crippen LogP contribution < -0.4 is 4.80 Å². The van der Waals surface area contributed by atoms with Crippen LogP contribution in [-0.2, 0) is 6.54 Å². The number of halogens is 1. The van der Waals surface area contributed by atoms with Crippen molar-refractivity contribution >= 4 is 38.2 Å². The predicted octanol–water partition coefficient (Wildman–Crippen LogP) is 4.92. The van der Waals surface area contributed by atoms with E-state index in [1.807, 2.05) is 42.5 Å². The van der Waals surface area contributed by atoms with Crippen LogP contribution in [0.15, 0.2) is 78.3 Å². The summed E-state index contributed by atoms with van der Waals surface area (Å²) in [5.74, 6) is -0.680. The maximum Gasteiger partial charge on any atom is 0.279 e. The monoisotopic (exact) mass is 362 g/mol. The number of fused-ring (bicyclic) bond motifs is 2. The molecule has 0 aliphatic rings. The van der Waals surface area contributed by atoms with Gasteiger partial charge in [-0.25, -0.2) is 4.39 Å². The molecule has 3 nitrogen and oxygen atoms in total. The molecule has 0 saturated heterocycles. The van der Waals surface area contributed by atoms with Gasteiger partial charge in [0.25, 0.3) is 5.91 Å². The summed E-state index contributed by atoms with van der Waals surface area (Å²) in [7, 11) is 0. The van der Waals surface area contributed by atoms with Crippen molar-refractivity contribution in [3.05, 3.63) is 89.5 Å². The molecule has 1 amide bonds.